The summed E-state index contributed by atoms with van der Waals surface area (Å²) in [7, 11) is 0. The van der Waals surface area contributed by atoms with Gasteiger partial charge in [0.1, 0.15) is 5.54 Å². The largest absolute Gasteiger partial charge is 0.373 e. The third-order valence-electron chi connectivity index (χ3n) is 2.14. The molecule has 1 N–H and O–H groups in total. The van der Waals surface area contributed by atoms with Gasteiger partial charge in [0.2, 0.25) is 0 Å². The van der Waals surface area contributed by atoms with Gasteiger partial charge in [-0.25, -0.2) is 0 Å². The molecule has 80 valence electrons. The lowest BCUT2D eigenvalue weighted by Crippen LogP contribution is -2.48. The van der Waals surface area contributed by atoms with Crippen LogP contribution in [0.2, 0.25) is 0 Å². The maximum Gasteiger partial charge on any atom is 0.127 e. The number of nitrogens with zero attached hydrogens (tertiary/aromatic N) is 1. The Bertz CT molecular complexity index is 235. The van der Waals surface area contributed by atoms with Crippen LogP contribution in [0.4, 0.5) is 0 Å². The number of hydrogen-bond donors (Lipinski definition) is 1. The van der Waals surface area contributed by atoms with Crippen LogP contribution in [-0.4, -0.2) is 23.8 Å². The van der Waals surface area contributed by atoms with Gasteiger partial charge < -0.3 is 4.74 Å². The molecule has 0 saturated heterocycles. The molecule has 1 aliphatic carbocycles. The van der Waals surface area contributed by atoms with Crippen molar-refractivity contribution in [2.75, 3.05) is 6.61 Å². The van der Waals surface area contributed by atoms with Crippen LogP contribution < -0.4 is 5.32 Å². The number of nitriles is 1. The van der Waals surface area contributed by atoms with Gasteiger partial charge in [0.05, 0.1) is 18.3 Å². The number of rotatable bonds is 4. The van der Waals surface area contributed by atoms with Crippen LogP contribution in [0.3, 0.4) is 0 Å². The lowest BCUT2D eigenvalue weighted by Gasteiger charge is -2.28. The second-order valence-corrected chi connectivity index (χ2v) is 5.26. The zero-order chi connectivity index (χ0) is 10.8. The second kappa shape index (κ2) is 3.88. The third kappa shape index (κ3) is 4.08. The summed E-state index contributed by atoms with van der Waals surface area (Å²) < 4.78 is 5.63. The molecule has 1 rings (SSSR count). The molecule has 1 atom stereocenters. The highest BCUT2D eigenvalue weighted by molar-refractivity contribution is 5.07. The van der Waals surface area contributed by atoms with Gasteiger partial charge in [-0.15, -0.1) is 0 Å². The Kier molecular flexibility index (Phi) is 3.18. The molecule has 3 nitrogen and oxygen atoms in total. The third-order valence-corrected chi connectivity index (χ3v) is 2.14. The summed E-state index contributed by atoms with van der Waals surface area (Å²) in [6.07, 6.45) is 2.37. The van der Waals surface area contributed by atoms with Gasteiger partial charge in [-0.3, -0.25) is 5.32 Å². The molecule has 0 bridgehead atoms. The summed E-state index contributed by atoms with van der Waals surface area (Å²) in [5, 5.41) is 12.4. The lowest BCUT2D eigenvalue weighted by molar-refractivity contribution is -0.0235. The molecule has 1 saturated carbocycles. The van der Waals surface area contributed by atoms with Gasteiger partial charge >= 0.3 is 0 Å². The highest BCUT2D eigenvalue weighted by atomic mass is 16.5. The quantitative estimate of drug-likeness (QED) is 0.746. The Labute approximate surface area is 86.4 Å². The van der Waals surface area contributed by atoms with Crippen molar-refractivity contribution in [1.82, 2.24) is 5.32 Å². The Morgan fingerprint density at radius 1 is 1.36 bits per heavy atom. The fraction of sp³-hybridized carbons (Fsp3) is 0.909. The van der Waals surface area contributed by atoms with E-state index in [9.17, 15) is 0 Å². The van der Waals surface area contributed by atoms with Crippen LogP contribution in [0.25, 0.3) is 0 Å². The molecule has 0 aromatic heterocycles. The van der Waals surface area contributed by atoms with Crippen LogP contribution in [0.15, 0.2) is 0 Å². The molecule has 3 heteroatoms. The van der Waals surface area contributed by atoms with E-state index in [1.165, 1.54) is 12.8 Å². The molecule has 1 unspecified atom stereocenters. The molecule has 0 aromatic carbocycles. The first kappa shape index (κ1) is 11.5. The fourth-order valence-corrected chi connectivity index (χ4v) is 1.15. The minimum absolute atomic E-state index is 0.177. The lowest BCUT2D eigenvalue weighted by atomic mass is 10.1. The van der Waals surface area contributed by atoms with Gasteiger partial charge in [-0.2, -0.15) is 5.26 Å². The first-order valence-electron chi connectivity index (χ1n) is 5.18. The average Bonchev–Trinajstić information content (AvgIpc) is 2.84. The Balaban J connectivity index is 2.40. The summed E-state index contributed by atoms with van der Waals surface area (Å²) in [5.74, 6) is 0. The highest BCUT2D eigenvalue weighted by Gasteiger charge is 2.33. The number of ether oxygens (including phenoxy) is 1. The predicted octanol–water partition coefficient (Wildman–Crippen LogP) is 1.84. The van der Waals surface area contributed by atoms with Gasteiger partial charge in [0.15, 0.2) is 0 Å². The summed E-state index contributed by atoms with van der Waals surface area (Å²) >= 11 is 0. The fourth-order valence-electron chi connectivity index (χ4n) is 1.15. The van der Waals surface area contributed by atoms with Crippen LogP contribution in [0.1, 0.15) is 40.5 Å². The molecular weight excluding hydrogens is 176 g/mol. The normalized spacial score (nSPS) is 21.4. The predicted molar refractivity (Wildman–Crippen MR) is 55.9 cm³/mol. The van der Waals surface area contributed by atoms with Crippen molar-refractivity contribution in [2.45, 2.75) is 57.7 Å². The SMILES string of the molecule is CC(C#N)(COC(C)(C)C)NC1CC1. The van der Waals surface area contributed by atoms with E-state index >= 15 is 0 Å². The molecule has 0 amide bonds. The average molecular weight is 196 g/mol. The molecule has 1 fully saturated rings. The van der Waals surface area contributed by atoms with Crippen molar-refractivity contribution in [1.29, 1.82) is 5.26 Å². The minimum Gasteiger partial charge on any atom is -0.373 e. The van der Waals surface area contributed by atoms with E-state index in [4.69, 9.17) is 10.00 Å². The van der Waals surface area contributed by atoms with Gasteiger partial charge in [-0.05, 0) is 40.5 Å². The summed E-state index contributed by atoms with van der Waals surface area (Å²) in [6.45, 7) is 8.35. The van der Waals surface area contributed by atoms with Crippen molar-refractivity contribution < 1.29 is 4.74 Å². The molecule has 0 radical (unpaired) electrons. The molecule has 1 aliphatic rings. The molecule has 0 heterocycles. The topological polar surface area (TPSA) is 45.0 Å². The van der Waals surface area contributed by atoms with Gasteiger partial charge in [-0.1, -0.05) is 0 Å². The minimum atomic E-state index is -0.533. The monoisotopic (exact) mass is 196 g/mol. The van der Waals surface area contributed by atoms with E-state index < -0.39 is 5.54 Å². The second-order valence-electron chi connectivity index (χ2n) is 5.26. The standard InChI is InChI=1S/C11H20N2O/c1-10(2,3)14-8-11(4,7-12)13-9-5-6-9/h9,13H,5-6,8H2,1-4H3. The van der Waals surface area contributed by atoms with Crippen molar-refractivity contribution in [2.24, 2.45) is 0 Å². The zero-order valence-electron chi connectivity index (χ0n) is 9.55. The Morgan fingerprint density at radius 3 is 2.29 bits per heavy atom. The zero-order valence-corrected chi connectivity index (χ0v) is 9.55. The van der Waals surface area contributed by atoms with Crippen molar-refractivity contribution in [3.63, 3.8) is 0 Å². The van der Waals surface area contributed by atoms with Gasteiger partial charge in [0.25, 0.3) is 0 Å². The molecule has 14 heavy (non-hydrogen) atoms. The summed E-state index contributed by atoms with van der Waals surface area (Å²) in [4.78, 5) is 0. The smallest absolute Gasteiger partial charge is 0.127 e. The maximum absolute atomic E-state index is 9.07. The van der Waals surface area contributed by atoms with Crippen LogP contribution in [-0.2, 0) is 4.74 Å². The number of hydrogen-bond acceptors (Lipinski definition) is 3. The number of nitrogens with one attached hydrogen (secondary N) is 1. The van der Waals surface area contributed by atoms with Crippen LogP contribution in [0.5, 0.6) is 0 Å². The molecule has 0 aromatic rings. The maximum atomic E-state index is 9.07. The van der Waals surface area contributed by atoms with Crippen LogP contribution in [0, 0.1) is 11.3 Å². The molecule has 0 spiro atoms. The van der Waals surface area contributed by atoms with Crippen molar-refractivity contribution in [3.05, 3.63) is 0 Å². The first-order valence-corrected chi connectivity index (χ1v) is 5.18. The summed E-state index contributed by atoms with van der Waals surface area (Å²) in [5.41, 5.74) is -0.711. The van der Waals surface area contributed by atoms with E-state index in [-0.39, 0.29) is 5.60 Å². The van der Waals surface area contributed by atoms with E-state index in [1.807, 2.05) is 27.7 Å². The van der Waals surface area contributed by atoms with Gasteiger partial charge in [0, 0.05) is 6.04 Å². The first-order chi connectivity index (χ1) is 6.35. The van der Waals surface area contributed by atoms with E-state index in [0.717, 1.165) is 0 Å². The van der Waals surface area contributed by atoms with Crippen molar-refractivity contribution >= 4 is 0 Å². The van der Waals surface area contributed by atoms with E-state index in [0.29, 0.717) is 12.6 Å². The van der Waals surface area contributed by atoms with Crippen molar-refractivity contribution in [3.8, 4) is 6.07 Å². The van der Waals surface area contributed by atoms with E-state index in [1.54, 1.807) is 0 Å². The molecular formula is C11H20N2O. The van der Waals surface area contributed by atoms with E-state index in [2.05, 4.69) is 11.4 Å². The summed E-state index contributed by atoms with van der Waals surface area (Å²) in [6, 6.07) is 2.82. The van der Waals surface area contributed by atoms with Crippen LogP contribution >= 0.6 is 0 Å². The highest BCUT2D eigenvalue weighted by Crippen LogP contribution is 2.23. The molecule has 0 aliphatic heterocycles. The Morgan fingerprint density at radius 2 is 1.93 bits per heavy atom. The Hall–Kier alpha value is -0.590.